The molecule has 0 aliphatic heterocycles. The Bertz CT molecular complexity index is 302. The molecule has 0 aliphatic carbocycles. The van der Waals surface area contributed by atoms with Crippen LogP contribution in [0.4, 0.5) is 4.79 Å². The minimum Gasteiger partial charge on any atom is -0.344 e. The molecular formula is C10H11ClO4. The first kappa shape index (κ1) is 12.0. The first-order chi connectivity index (χ1) is 7.18. The molecule has 0 amide bonds. The predicted octanol–water partition coefficient (Wildman–Crippen LogP) is 2.86. The summed E-state index contributed by atoms with van der Waals surface area (Å²) in [5.41, 5.74) is -0.0182. The second-order valence-corrected chi connectivity index (χ2v) is 3.09. The van der Waals surface area contributed by atoms with Gasteiger partial charge in [0.15, 0.2) is 0 Å². The highest BCUT2D eigenvalue weighted by atomic mass is 35.5. The SMILES string of the molecule is CC(OCc1ccccc1)OOC(=O)Cl. The third-order valence-corrected chi connectivity index (χ3v) is 1.64. The van der Waals surface area contributed by atoms with Crippen LogP contribution in [0.2, 0.25) is 0 Å². The van der Waals surface area contributed by atoms with Crippen LogP contribution in [0, 0.1) is 0 Å². The summed E-state index contributed by atoms with van der Waals surface area (Å²) in [5.74, 6) is 0. The van der Waals surface area contributed by atoms with E-state index < -0.39 is 11.7 Å². The third kappa shape index (κ3) is 5.37. The summed E-state index contributed by atoms with van der Waals surface area (Å²) in [6, 6.07) is 9.56. The van der Waals surface area contributed by atoms with E-state index in [4.69, 9.17) is 16.3 Å². The average molecular weight is 231 g/mol. The van der Waals surface area contributed by atoms with E-state index in [9.17, 15) is 4.79 Å². The lowest BCUT2D eigenvalue weighted by Crippen LogP contribution is -2.14. The summed E-state index contributed by atoms with van der Waals surface area (Å²) in [7, 11) is 0. The molecule has 0 saturated carbocycles. The third-order valence-electron chi connectivity index (χ3n) is 1.58. The number of benzene rings is 1. The summed E-state index contributed by atoms with van der Waals surface area (Å²) in [5, 5.41) is 0. The summed E-state index contributed by atoms with van der Waals surface area (Å²) in [6.07, 6.45) is -0.659. The van der Waals surface area contributed by atoms with Crippen molar-refractivity contribution in [3.63, 3.8) is 0 Å². The van der Waals surface area contributed by atoms with Crippen LogP contribution in [0.3, 0.4) is 0 Å². The molecule has 0 saturated heterocycles. The van der Waals surface area contributed by atoms with Crippen molar-refractivity contribution < 1.29 is 19.3 Å². The standard InChI is InChI=1S/C10H11ClO4/c1-8(14-15-10(11)12)13-7-9-5-3-2-4-6-9/h2-6,8H,7H2,1H3. The molecule has 1 aromatic carbocycles. The molecule has 0 aliphatic rings. The van der Waals surface area contributed by atoms with Gasteiger partial charge in [0.2, 0.25) is 6.29 Å². The minimum absolute atomic E-state index is 0.377. The molecule has 4 nitrogen and oxygen atoms in total. The monoisotopic (exact) mass is 230 g/mol. The molecule has 0 spiro atoms. The van der Waals surface area contributed by atoms with E-state index in [0.717, 1.165) is 5.56 Å². The molecular weight excluding hydrogens is 220 g/mol. The van der Waals surface area contributed by atoms with Gasteiger partial charge in [0.25, 0.3) is 0 Å². The van der Waals surface area contributed by atoms with Crippen molar-refractivity contribution in [1.29, 1.82) is 0 Å². The number of halogens is 1. The quantitative estimate of drug-likeness (QED) is 0.338. The Hall–Kier alpha value is -1.10. The fraction of sp³-hybridized carbons (Fsp3) is 0.300. The zero-order valence-corrected chi connectivity index (χ0v) is 8.94. The van der Waals surface area contributed by atoms with Crippen LogP contribution in [0.1, 0.15) is 12.5 Å². The minimum atomic E-state index is -1.02. The summed E-state index contributed by atoms with van der Waals surface area (Å²) in [6.45, 7) is 1.98. The van der Waals surface area contributed by atoms with Gasteiger partial charge in [-0.2, -0.15) is 4.89 Å². The first-order valence-electron chi connectivity index (χ1n) is 4.37. The van der Waals surface area contributed by atoms with Crippen LogP contribution >= 0.6 is 11.6 Å². The Balaban J connectivity index is 2.22. The molecule has 15 heavy (non-hydrogen) atoms. The van der Waals surface area contributed by atoms with E-state index in [2.05, 4.69) is 9.78 Å². The molecule has 82 valence electrons. The van der Waals surface area contributed by atoms with Gasteiger partial charge >= 0.3 is 5.43 Å². The smallest absolute Gasteiger partial charge is 0.344 e. The number of carbonyl (C=O) groups excluding carboxylic acids is 1. The lowest BCUT2D eigenvalue weighted by Gasteiger charge is -2.10. The molecule has 0 fully saturated rings. The van der Waals surface area contributed by atoms with Gasteiger partial charge in [-0.15, -0.1) is 0 Å². The number of rotatable bonds is 5. The highest BCUT2D eigenvalue weighted by Crippen LogP contribution is 2.04. The van der Waals surface area contributed by atoms with E-state index in [0.29, 0.717) is 6.61 Å². The van der Waals surface area contributed by atoms with E-state index in [1.54, 1.807) is 6.92 Å². The van der Waals surface area contributed by atoms with Gasteiger partial charge in [-0.3, -0.25) is 4.89 Å². The van der Waals surface area contributed by atoms with Crippen LogP contribution in [0.15, 0.2) is 30.3 Å². The van der Waals surface area contributed by atoms with Gasteiger partial charge in [-0.25, -0.2) is 4.79 Å². The van der Waals surface area contributed by atoms with Crippen LogP contribution in [0.5, 0.6) is 0 Å². The number of ether oxygens (including phenoxy) is 1. The molecule has 1 aromatic rings. The van der Waals surface area contributed by atoms with Gasteiger partial charge < -0.3 is 4.74 Å². The van der Waals surface area contributed by atoms with E-state index >= 15 is 0 Å². The van der Waals surface area contributed by atoms with Crippen molar-refractivity contribution in [3.05, 3.63) is 35.9 Å². The average Bonchev–Trinajstić information content (AvgIpc) is 2.25. The van der Waals surface area contributed by atoms with Crippen molar-refractivity contribution >= 4 is 17.0 Å². The molecule has 0 aromatic heterocycles. The van der Waals surface area contributed by atoms with Crippen molar-refractivity contribution in [2.75, 3.05) is 0 Å². The molecule has 0 heterocycles. The Morgan fingerprint density at radius 2 is 2.07 bits per heavy atom. The lowest BCUT2D eigenvalue weighted by atomic mass is 10.2. The summed E-state index contributed by atoms with van der Waals surface area (Å²) in [4.78, 5) is 18.8. The summed E-state index contributed by atoms with van der Waals surface area (Å²) < 4.78 is 5.22. The molecule has 5 heteroatoms. The van der Waals surface area contributed by atoms with Crippen molar-refractivity contribution in [1.82, 2.24) is 0 Å². The van der Waals surface area contributed by atoms with E-state index in [1.165, 1.54) is 0 Å². The maximum absolute atomic E-state index is 10.2. The van der Waals surface area contributed by atoms with Gasteiger partial charge in [-0.1, -0.05) is 30.3 Å². The lowest BCUT2D eigenvalue weighted by molar-refractivity contribution is -0.330. The van der Waals surface area contributed by atoms with Crippen LogP contribution in [0.25, 0.3) is 0 Å². The van der Waals surface area contributed by atoms with Gasteiger partial charge in [0.05, 0.1) is 6.61 Å². The van der Waals surface area contributed by atoms with E-state index in [-0.39, 0.29) is 0 Å². The second-order valence-electron chi connectivity index (χ2n) is 2.78. The highest BCUT2D eigenvalue weighted by molar-refractivity contribution is 6.61. The Morgan fingerprint density at radius 1 is 1.40 bits per heavy atom. The van der Waals surface area contributed by atoms with Gasteiger partial charge in [0.1, 0.15) is 0 Å². The zero-order chi connectivity index (χ0) is 11.1. The normalized spacial score (nSPS) is 12.1. The van der Waals surface area contributed by atoms with Crippen molar-refractivity contribution in [2.24, 2.45) is 0 Å². The Morgan fingerprint density at radius 3 is 2.67 bits per heavy atom. The van der Waals surface area contributed by atoms with Gasteiger partial charge in [-0.05, 0) is 12.5 Å². The molecule has 0 bridgehead atoms. The molecule has 0 N–H and O–H groups in total. The number of hydrogen-bond acceptors (Lipinski definition) is 4. The number of hydrogen-bond donors (Lipinski definition) is 0. The molecule has 1 rings (SSSR count). The maximum Gasteiger partial charge on any atom is 0.435 e. The first-order valence-corrected chi connectivity index (χ1v) is 4.74. The van der Waals surface area contributed by atoms with Crippen molar-refractivity contribution in [3.8, 4) is 0 Å². The van der Waals surface area contributed by atoms with Crippen LogP contribution < -0.4 is 0 Å². The topological polar surface area (TPSA) is 44.8 Å². The van der Waals surface area contributed by atoms with E-state index in [1.807, 2.05) is 30.3 Å². The molecule has 0 radical (unpaired) electrons. The van der Waals surface area contributed by atoms with Crippen LogP contribution in [-0.4, -0.2) is 11.7 Å². The van der Waals surface area contributed by atoms with Gasteiger partial charge in [0, 0.05) is 11.6 Å². The highest BCUT2D eigenvalue weighted by Gasteiger charge is 2.06. The number of carbonyl (C=O) groups is 1. The Labute approximate surface area is 92.6 Å². The predicted molar refractivity (Wildman–Crippen MR) is 54.1 cm³/mol. The molecule has 1 unspecified atom stereocenters. The second kappa shape index (κ2) is 6.40. The molecule has 1 atom stereocenters. The fourth-order valence-electron chi connectivity index (χ4n) is 0.921. The Kier molecular flexibility index (Phi) is 5.10. The summed E-state index contributed by atoms with van der Waals surface area (Å²) >= 11 is 4.90. The fourth-order valence-corrected chi connectivity index (χ4v) is 0.958. The van der Waals surface area contributed by atoms with Crippen molar-refractivity contribution in [2.45, 2.75) is 19.8 Å². The van der Waals surface area contributed by atoms with Crippen LogP contribution in [-0.2, 0) is 21.1 Å². The maximum atomic E-state index is 10.2. The zero-order valence-electron chi connectivity index (χ0n) is 8.18. The largest absolute Gasteiger partial charge is 0.435 e.